The molecule has 0 aliphatic rings. The van der Waals surface area contributed by atoms with Crippen molar-refractivity contribution in [3.63, 3.8) is 0 Å². The van der Waals surface area contributed by atoms with Gasteiger partial charge in [-0.1, -0.05) is 47.8 Å². The van der Waals surface area contributed by atoms with Crippen molar-refractivity contribution in [3.05, 3.63) is 75.2 Å². The molecule has 0 spiro atoms. The predicted octanol–water partition coefficient (Wildman–Crippen LogP) is 7.42. The summed E-state index contributed by atoms with van der Waals surface area (Å²) < 4.78 is 11.6. The van der Waals surface area contributed by atoms with Crippen molar-refractivity contribution < 1.29 is 13.9 Å². The molecule has 0 bridgehead atoms. The molecular weight excluding hydrogens is 471 g/mol. The van der Waals surface area contributed by atoms with Crippen LogP contribution in [0.25, 0.3) is 22.6 Å². The SMILES string of the molecule is CCc1ccc2oc(-c3cc(NC(=O)C(C)Oc4ccc(Cl)cc4Cl)ccc3Cl)nc2c1. The normalized spacial score (nSPS) is 12.0. The third kappa shape index (κ3) is 4.85. The van der Waals surface area contributed by atoms with E-state index < -0.39 is 6.10 Å². The van der Waals surface area contributed by atoms with Gasteiger partial charge in [0.15, 0.2) is 11.7 Å². The lowest BCUT2D eigenvalue weighted by Gasteiger charge is -2.16. The van der Waals surface area contributed by atoms with E-state index in [1.54, 1.807) is 43.3 Å². The molecule has 0 saturated heterocycles. The Labute approximate surface area is 200 Å². The maximum Gasteiger partial charge on any atom is 0.265 e. The molecular formula is C24H19Cl3N2O3. The largest absolute Gasteiger partial charge is 0.479 e. The molecule has 0 aliphatic carbocycles. The summed E-state index contributed by atoms with van der Waals surface area (Å²) >= 11 is 18.4. The number of anilines is 1. The van der Waals surface area contributed by atoms with Crippen LogP contribution in [0.5, 0.6) is 5.75 Å². The number of hydrogen-bond donors (Lipinski definition) is 1. The number of rotatable bonds is 6. The highest BCUT2D eigenvalue weighted by molar-refractivity contribution is 6.35. The fraction of sp³-hybridized carbons (Fsp3) is 0.167. The summed E-state index contributed by atoms with van der Waals surface area (Å²) in [6.07, 6.45) is 0.103. The van der Waals surface area contributed by atoms with Gasteiger partial charge >= 0.3 is 0 Å². The number of nitrogens with one attached hydrogen (secondary N) is 1. The highest BCUT2D eigenvalue weighted by Gasteiger charge is 2.18. The number of benzene rings is 3. The molecule has 1 heterocycles. The number of carbonyl (C=O) groups is 1. The fourth-order valence-corrected chi connectivity index (χ4v) is 3.79. The van der Waals surface area contributed by atoms with Crippen molar-refractivity contribution in [2.24, 2.45) is 0 Å². The number of oxazole rings is 1. The molecule has 8 heteroatoms. The fourth-order valence-electron chi connectivity index (χ4n) is 3.13. The maximum atomic E-state index is 12.7. The van der Waals surface area contributed by atoms with Crippen molar-refractivity contribution in [3.8, 4) is 17.2 Å². The molecule has 3 aromatic carbocycles. The smallest absolute Gasteiger partial charge is 0.265 e. The van der Waals surface area contributed by atoms with Gasteiger partial charge in [-0.15, -0.1) is 0 Å². The van der Waals surface area contributed by atoms with Crippen LogP contribution in [0.3, 0.4) is 0 Å². The molecule has 1 N–H and O–H groups in total. The average molecular weight is 490 g/mol. The van der Waals surface area contributed by atoms with Gasteiger partial charge in [0.05, 0.1) is 15.6 Å². The van der Waals surface area contributed by atoms with Crippen molar-refractivity contribution in [2.45, 2.75) is 26.4 Å². The standard InChI is InChI=1S/C24H19Cl3N2O3/c1-3-14-4-8-22-20(10-14)29-24(32-22)17-12-16(6-7-18(17)26)28-23(30)13(2)31-21-9-5-15(25)11-19(21)27/h4-13H,3H2,1-2H3,(H,28,30). The van der Waals surface area contributed by atoms with E-state index in [4.69, 9.17) is 44.0 Å². The van der Waals surface area contributed by atoms with Gasteiger partial charge in [-0.3, -0.25) is 4.79 Å². The second-order valence-corrected chi connectivity index (χ2v) is 8.44. The van der Waals surface area contributed by atoms with Crippen molar-refractivity contribution in [1.29, 1.82) is 0 Å². The Morgan fingerprint density at radius 2 is 1.88 bits per heavy atom. The van der Waals surface area contributed by atoms with Crippen molar-refractivity contribution in [2.75, 3.05) is 5.32 Å². The Kier molecular flexibility index (Phi) is 6.60. The third-order valence-electron chi connectivity index (χ3n) is 4.89. The Morgan fingerprint density at radius 1 is 1.06 bits per heavy atom. The quantitative estimate of drug-likeness (QED) is 0.306. The van der Waals surface area contributed by atoms with Crippen LogP contribution in [0.2, 0.25) is 15.1 Å². The number of aryl methyl sites for hydroxylation is 1. The van der Waals surface area contributed by atoms with Gasteiger partial charge in [-0.2, -0.15) is 0 Å². The maximum absolute atomic E-state index is 12.7. The molecule has 32 heavy (non-hydrogen) atoms. The predicted molar refractivity (Wildman–Crippen MR) is 129 cm³/mol. The number of nitrogens with zero attached hydrogens (tertiary/aromatic N) is 1. The first-order valence-corrected chi connectivity index (χ1v) is 11.1. The van der Waals surface area contributed by atoms with Gasteiger partial charge in [-0.25, -0.2) is 4.98 Å². The van der Waals surface area contributed by atoms with Crippen LogP contribution in [0.4, 0.5) is 5.69 Å². The minimum Gasteiger partial charge on any atom is -0.479 e. The highest BCUT2D eigenvalue weighted by Crippen LogP contribution is 2.33. The minimum atomic E-state index is -0.801. The monoisotopic (exact) mass is 488 g/mol. The Hall–Kier alpha value is -2.73. The van der Waals surface area contributed by atoms with E-state index in [1.807, 2.05) is 18.2 Å². The van der Waals surface area contributed by atoms with Crippen LogP contribution in [-0.4, -0.2) is 17.0 Å². The summed E-state index contributed by atoms with van der Waals surface area (Å²) in [4.78, 5) is 17.2. The number of ether oxygens (including phenoxy) is 1. The molecule has 0 fully saturated rings. The zero-order valence-electron chi connectivity index (χ0n) is 17.3. The van der Waals surface area contributed by atoms with Gasteiger partial charge in [0.1, 0.15) is 11.3 Å². The first-order valence-electron chi connectivity index (χ1n) is 9.96. The summed E-state index contributed by atoms with van der Waals surface area (Å²) in [7, 11) is 0. The van der Waals surface area contributed by atoms with Gasteiger partial charge in [0.25, 0.3) is 5.91 Å². The second-order valence-electron chi connectivity index (χ2n) is 7.19. The number of fused-ring (bicyclic) bond motifs is 1. The first-order chi connectivity index (χ1) is 15.3. The molecule has 5 nitrogen and oxygen atoms in total. The van der Waals surface area contributed by atoms with Crippen molar-refractivity contribution >= 4 is 57.5 Å². The molecule has 4 aromatic rings. The Bertz CT molecular complexity index is 1300. The lowest BCUT2D eigenvalue weighted by atomic mass is 10.1. The minimum absolute atomic E-state index is 0.327. The molecule has 1 aromatic heterocycles. The lowest BCUT2D eigenvalue weighted by molar-refractivity contribution is -0.122. The van der Waals surface area contributed by atoms with Crippen LogP contribution in [0.15, 0.2) is 59.0 Å². The molecule has 4 rings (SSSR count). The van der Waals surface area contributed by atoms with E-state index in [1.165, 1.54) is 5.56 Å². The zero-order valence-corrected chi connectivity index (χ0v) is 19.6. The Morgan fingerprint density at radius 3 is 2.62 bits per heavy atom. The molecule has 1 unspecified atom stereocenters. The van der Waals surface area contributed by atoms with Gasteiger partial charge < -0.3 is 14.5 Å². The lowest BCUT2D eigenvalue weighted by Crippen LogP contribution is -2.30. The van der Waals surface area contributed by atoms with Crippen LogP contribution >= 0.6 is 34.8 Å². The number of aromatic nitrogens is 1. The van der Waals surface area contributed by atoms with E-state index >= 15 is 0 Å². The van der Waals surface area contributed by atoms with E-state index in [0.29, 0.717) is 43.5 Å². The van der Waals surface area contributed by atoms with Crippen LogP contribution in [0.1, 0.15) is 19.4 Å². The van der Waals surface area contributed by atoms with E-state index in [2.05, 4.69) is 17.2 Å². The second kappa shape index (κ2) is 9.41. The third-order valence-corrected chi connectivity index (χ3v) is 5.75. The molecule has 0 radical (unpaired) electrons. The van der Waals surface area contributed by atoms with E-state index in [9.17, 15) is 4.79 Å². The summed E-state index contributed by atoms with van der Waals surface area (Å²) in [5.41, 5.74) is 3.70. The van der Waals surface area contributed by atoms with Crippen LogP contribution in [0, 0.1) is 0 Å². The number of amides is 1. The summed E-state index contributed by atoms with van der Waals surface area (Å²) in [5.74, 6) is 0.398. The number of hydrogen-bond acceptors (Lipinski definition) is 4. The summed E-state index contributed by atoms with van der Waals surface area (Å²) in [6.45, 7) is 3.71. The molecule has 1 amide bonds. The number of carbonyl (C=O) groups excluding carboxylic acids is 1. The molecule has 1 atom stereocenters. The highest BCUT2D eigenvalue weighted by atomic mass is 35.5. The van der Waals surface area contributed by atoms with E-state index in [0.717, 1.165) is 11.9 Å². The summed E-state index contributed by atoms with van der Waals surface area (Å²) in [5, 5.41) is 4.09. The topological polar surface area (TPSA) is 64.4 Å². The zero-order chi connectivity index (χ0) is 22.8. The Balaban J connectivity index is 1.54. The molecule has 0 aliphatic heterocycles. The van der Waals surface area contributed by atoms with Gasteiger partial charge in [0.2, 0.25) is 5.89 Å². The molecule has 164 valence electrons. The first kappa shape index (κ1) is 22.5. The van der Waals surface area contributed by atoms with Crippen molar-refractivity contribution in [1.82, 2.24) is 4.98 Å². The molecule has 0 saturated carbocycles. The summed E-state index contributed by atoms with van der Waals surface area (Å²) in [6, 6.07) is 15.8. The number of halogens is 3. The van der Waals surface area contributed by atoms with Crippen LogP contribution < -0.4 is 10.1 Å². The average Bonchev–Trinajstić information content (AvgIpc) is 3.19. The van der Waals surface area contributed by atoms with Gasteiger partial charge in [-0.05, 0) is 67.4 Å². The van der Waals surface area contributed by atoms with Gasteiger partial charge in [0, 0.05) is 10.7 Å². The van der Waals surface area contributed by atoms with E-state index in [-0.39, 0.29) is 5.91 Å². The van der Waals surface area contributed by atoms with Crippen LogP contribution in [-0.2, 0) is 11.2 Å².